The second-order valence-corrected chi connectivity index (χ2v) is 7.25. The molecule has 4 atom stereocenters. The summed E-state index contributed by atoms with van der Waals surface area (Å²) in [7, 11) is 0. The summed E-state index contributed by atoms with van der Waals surface area (Å²) in [4.78, 5) is 77.6. The molecule has 11 N–H and O–H groups in total. The Bertz CT molecular complexity index is 873. The predicted molar refractivity (Wildman–Crippen MR) is 112 cm³/mol. The molecule has 0 aliphatic rings. The highest BCUT2D eigenvalue weighted by Gasteiger charge is 2.30. The van der Waals surface area contributed by atoms with Gasteiger partial charge in [-0.05, 0) is 13.3 Å². The molecular weight excluding hydrogens is 440 g/mol. The Morgan fingerprint density at radius 2 is 1.61 bits per heavy atom. The molecule has 1 rings (SSSR count). The highest BCUT2D eigenvalue weighted by Crippen LogP contribution is 2.03. The van der Waals surface area contributed by atoms with E-state index in [2.05, 4.69) is 25.9 Å². The summed E-state index contributed by atoms with van der Waals surface area (Å²) >= 11 is 0. The number of aromatic amines is 1. The molecule has 15 nitrogen and oxygen atoms in total. The van der Waals surface area contributed by atoms with Gasteiger partial charge in [0.2, 0.25) is 29.5 Å². The number of rotatable bonds is 14. The van der Waals surface area contributed by atoms with E-state index in [-0.39, 0.29) is 19.3 Å². The van der Waals surface area contributed by atoms with Crippen molar-refractivity contribution < 1.29 is 33.9 Å². The van der Waals surface area contributed by atoms with Gasteiger partial charge in [-0.25, -0.2) is 4.98 Å². The van der Waals surface area contributed by atoms with Crippen LogP contribution < -0.4 is 33.2 Å². The van der Waals surface area contributed by atoms with Gasteiger partial charge in [-0.3, -0.25) is 28.8 Å². The van der Waals surface area contributed by atoms with E-state index in [4.69, 9.17) is 22.3 Å². The third kappa shape index (κ3) is 9.77. The van der Waals surface area contributed by atoms with Crippen molar-refractivity contribution in [2.75, 3.05) is 0 Å². The molecule has 0 bridgehead atoms. The maximum atomic E-state index is 12.7. The van der Waals surface area contributed by atoms with E-state index in [0.29, 0.717) is 5.69 Å². The number of nitrogens with two attached hydrogens (primary N) is 3. The lowest BCUT2D eigenvalue weighted by atomic mass is 10.1. The van der Waals surface area contributed by atoms with E-state index in [9.17, 15) is 28.8 Å². The molecule has 15 heteroatoms. The van der Waals surface area contributed by atoms with Crippen LogP contribution in [0.4, 0.5) is 0 Å². The molecule has 4 unspecified atom stereocenters. The molecule has 0 saturated carbocycles. The highest BCUT2D eigenvalue weighted by molar-refractivity contribution is 5.96. The van der Waals surface area contributed by atoms with Crippen LogP contribution in [0, 0.1) is 0 Å². The number of carboxylic acids is 1. The summed E-state index contributed by atoms with van der Waals surface area (Å²) in [5.74, 6) is -5.66. The number of carboxylic acid groups (broad SMARTS) is 1. The number of amides is 5. The van der Waals surface area contributed by atoms with E-state index in [1.165, 1.54) is 19.4 Å². The number of nitrogens with one attached hydrogen (secondary N) is 4. The Hall–Kier alpha value is -4.01. The Kier molecular flexibility index (Phi) is 10.4. The van der Waals surface area contributed by atoms with Crippen molar-refractivity contribution in [3.05, 3.63) is 18.2 Å². The quantitative estimate of drug-likeness (QED) is 0.132. The largest absolute Gasteiger partial charge is 0.480 e. The maximum absolute atomic E-state index is 12.7. The van der Waals surface area contributed by atoms with Crippen LogP contribution in [0.3, 0.4) is 0 Å². The number of H-pyrrole nitrogens is 1. The third-order valence-electron chi connectivity index (χ3n) is 4.41. The summed E-state index contributed by atoms with van der Waals surface area (Å²) in [6.07, 6.45) is 1.75. The standard InChI is InChI=1S/C18H28N8O7/c1-8(18(32)33)24-16(30)11(2-3-13(20)27)25-17(31)12(5-14(21)28)26-15(29)10(19)4-9-6-22-7-23-9/h6-8,10-12H,2-5,19H2,1H3,(H2,20,27)(H2,21,28)(H,22,23)(H,24,30)(H,25,31)(H,26,29)(H,32,33). The van der Waals surface area contributed by atoms with E-state index < -0.39 is 66.1 Å². The minimum absolute atomic E-state index is 0.0630. The number of aromatic nitrogens is 2. The number of carbonyl (C=O) groups excluding carboxylic acids is 5. The normalized spacial score (nSPS) is 14.2. The van der Waals surface area contributed by atoms with Gasteiger partial charge in [0, 0.05) is 24.7 Å². The van der Waals surface area contributed by atoms with Crippen LogP contribution >= 0.6 is 0 Å². The lowest BCUT2D eigenvalue weighted by Gasteiger charge is -2.24. The third-order valence-corrected chi connectivity index (χ3v) is 4.41. The summed E-state index contributed by atoms with van der Waals surface area (Å²) in [6, 6.07) is -5.24. The summed E-state index contributed by atoms with van der Waals surface area (Å²) < 4.78 is 0. The average molecular weight is 468 g/mol. The number of carbonyl (C=O) groups is 6. The van der Waals surface area contributed by atoms with Crippen LogP contribution in [-0.4, -0.2) is 74.7 Å². The maximum Gasteiger partial charge on any atom is 0.325 e. The van der Waals surface area contributed by atoms with Crippen LogP contribution in [0.2, 0.25) is 0 Å². The minimum Gasteiger partial charge on any atom is -0.480 e. The first kappa shape index (κ1) is 27.0. The molecule has 1 aromatic rings. The molecule has 33 heavy (non-hydrogen) atoms. The lowest BCUT2D eigenvalue weighted by Crippen LogP contribution is -2.57. The average Bonchev–Trinajstić information content (AvgIpc) is 3.22. The van der Waals surface area contributed by atoms with Gasteiger partial charge in [0.05, 0.1) is 18.8 Å². The molecule has 0 fully saturated rings. The number of imidazole rings is 1. The van der Waals surface area contributed by atoms with Crippen molar-refractivity contribution in [3.63, 3.8) is 0 Å². The van der Waals surface area contributed by atoms with Gasteiger partial charge >= 0.3 is 5.97 Å². The molecule has 0 radical (unpaired) electrons. The molecule has 0 aliphatic heterocycles. The number of nitrogens with zero attached hydrogens (tertiary/aromatic N) is 1. The SMILES string of the molecule is CC(NC(=O)C(CCC(N)=O)NC(=O)C(CC(N)=O)NC(=O)C(N)Cc1cnc[nH]1)C(=O)O. The van der Waals surface area contributed by atoms with Gasteiger partial charge in [0.25, 0.3) is 0 Å². The molecule has 0 aliphatic carbocycles. The number of hydrogen-bond acceptors (Lipinski definition) is 8. The second kappa shape index (κ2) is 12.7. The zero-order chi connectivity index (χ0) is 25.1. The van der Waals surface area contributed by atoms with Crippen LogP contribution in [0.15, 0.2) is 12.5 Å². The van der Waals surface area contributed by atoms with Gasteiger partial charge < -0.3 is 43.2 Å². The molecule has 1 aromatic heterocycles. The Morgan fingerprint density at radius 3 is 2.12 bits per heavy atom. The number of primary amides is 2. The highest BCUT2D eigenvalue weighted by atomic mass is 16.4. The molecule has 5 amide bonds. The van der Waals surface area contributed by atoms with Gasteiger partial charge in [-0.1, -0.05) is 0 Å². The molecule has 0 saturated heterocycles. The Balaban J connectivity index is 2.91. The van der Waals surface area contributed by atoms with Gasteiger partial charge in [0.1, 0.15) is 18.1 Å². The van der Waals surface area contributed by atoms with Crippen molar-refractivity contribution in [1.29, 1.82) is 0 Å². The van der Waals surface area contributed by atoms with E-state index >= 15 is 0 Å². The van der Waals surface area contributed by atoms with E-state index in [1.807, 2.05) is 0 Å². The fourth-order valence-corrected chi connectivity index (χ4v) is 2.62. The lowest BCUT2D eigenvalue weighted by molar-refractivity contribution is -0.142. The molecule has 0 aromatic carbocycles. The fourth-order valence-electron chi connectivity index (χ4n) is 2.62. The number of hydrogen-bond donors (Lipinski definition) is 8. The smallest absolute Gasteiger partial charge is 0.325 e. The summed E-state index contributed by atoms with van der Waals surface area (Å²) in [6.45, 7) is 1.20. The fraction of sp³-hybridized carbons (Fsp3) is 0.500. The molecule has 1 heterocycles. The summed E-state index contributed by atoms with van der Waals surface area (Å²) in [5.41, 5.74) is 16.6. The van der Waals surface area contributed by atoms with Gasteiger partial charge in [-0.2, -0.15) is 0 Å². The molecular formula is C18H28N8O7. The zero-order valence-corrected chi connectivity index (χ0v) is 17.9. The van der Waals surface area contributed by atoms with Crippen molar-refractivity contribution in [3.8, 4) is 0 Å². The summed E-state index contributed by atoms with van der Waals surface area (Å²) in [5, 5.41) is 15.7. The van der Waals surface area contributed by atoms with Crippen molar-refractivity contribution in [2.45, 2.75) is 56.8 Å². The van der Waals surface area contributed by atoms with Crippen LogP contribution in [0.25, 0.3) is 0 Å². The van der Waals surface area contributed by atoms with Gasteiger partial charge in [-0.15, -0.1) is 0 Å². The topological polar surface area (TPSA) is 265 Å². The first-order chi connectivity index (χ1) is 15.4. The van der Waals surface area contributed by atoms with Crippen molar-refractivity contribution >= 4 is 35.5 Å². The van der Waals surface area contributed by atoms with Crippen LogP contribution in [0.5, 0.6) is 0 Å². The first-order valence-electron chi connectivity index (χ1n) is 9.84. The van der Waals surface area contributed by atoms with Crippen molar-refractivity contribution in [2.24, 2.45) is 17.2 Å². The molecule has 0 spiro atoms. The van der Waals surface area contributed by atoms with E-state index in [0.717, 1.165) is 0 Å². The zero-order valence-electron chi connectivity index (χ0n) is 17.9. The van der Waals surface area contributed by atoms with Gasteiger partial charge in [0.15, 0.2) is 0 Å². The van der Waals surface area contributed by atoms with E-state index in [1.54, 1.807) is 0 Å². The Morgan fingerprint density at radius 1 is 1.00 bits per heavy atom. The van der Waals surface area contributed by atoms with Crippen LogP contribution in [0.1, 0.15) is 31.9 Å². The van der Waals surface area contributed by atoms with Crippen molar-refractivity contribution in [1.82, 2.24) is 25.9 Å². The predicted octanol–water partition coefficient (Wildman–Crippen LogP) is -4.02. The first-order valence-corrected chi connectivity index (χ1v) is 9.84. The second-order valence-electron chi connectivity index (χ2n) is 7.25. The molecule has 182 valence electrons. The Labute approximate surface area is 188 Å². The van der Waals surface area contributed by atoms with Crippen LogP contribution in [-0.2, 0) is 35.2 Å². The monoisotopic (exact) mass is 468 g/mol. The minimum atomic E-state index is -1.48. The number of aliphatic carboxylic acids is 1.